The van der Waals surface area contributed by atoms with Gasteiger partial charge in [0.05, 0.1) is 0 Å². The second-order valence-electron chi connectivity index (χ2n) is 5.82. The lowest BCUT2D eigenvalue weighted by molar-refractivity contribution is -0.132. The summed E-state index contributed by atoms with van der Waals surface area (Å²) >= 11 is 0. The summed E-state index contributed by atoms with van der Waals surface area (Å²) in [6.07, 6.45) is 7.65. The van der Waals surface area contributed by atoms with Crippen molar-refractivity contribution in [3.05, 3.63) is 0 Å². The molecule has 0 atom stereocenters. The molecule has 1 aliphatic heterocycles. The number of likely N-dealkylation sites (tertiary alicyclic amines) is 1. The third-order valence-corrected chi connectivity index (χ3v) is 4.07. The second kappa shape index (κ2) is 4.25. The monoisotopic (exact) mass is 209 g/mol. The highest BCUT2D eigenvalue weighted by molar-refractivity contribution is 5.85. The molecule has 1 saturated carbocycles. The molecule has 0 aromatic carbocycles. The van der Waals surface area contributed by atoms with E-state index in [1.165, 1.54) is 32.1 Å². The van der Waals surface area contributed by atoms with Crippen LogP contribution in [0.2, 0.25) is 0 Å². The summed E-state index contributed by atoms with van der Waals surface area (Å²) in [5.41, 5.74) is -0.101. The normalized spacial score (nSPS) is 29.3. The summed E-state index contributed by atoms with van der Waals surface area (Å²) in [6.45, 7) is 6.19. The Kier molecular flexibility index (Phi) is 3.15. The van der Waals surface area contributed by atoms with Crippen molar-refractivity contribution in [2.24, 2.45) is 5.41 Å². The molecule has 1 aliphatic carbocycles. The number of rotatable bonds is 1. The number of hydrogen-bond acceptors (Lipinski definition) is 2. The van der Waals surface area contributed by atoms with Gasteiger partial charge in [0.2, 0.25) is 0 Å². The highest BCUT2D eigenvalue weighted by atomic mass is 16.1. The predicted octanol–water partition coefficient (Wildman–Crippen LogP) is 2.62. The summed E-state index contributed by atoms with van der Waals surface area (Å²) in [6, 6.07) is 0.770. The molecule has 1 heterocycles. The van der Waals surface area contributed by atoms with Gasteiger partial charge in [-0.15, -0.1) is 0 Å². The van der Waals surface area contributed by atoms with E-state index in [0.29, 0.717) is 5.78 Å². The lowest BCUT2D eigenvalue weighted by Crippen LogP contribution is -2.50. The van der Waals surface area contributed by atoms with Gasteiger partial charge >= 0.3 is 0 Å². The first-order chi connectivity index (χ1) is 7.09. The van der Waals surface area contributed by atoms with E-state index in [4.69, 9.17) is 0 Å². The molecule has 1 saturated heterocycles. The zero-order chi connectivity index (χ0) is 10.9. The molecular weight excluding hydrogens is 186 g/mol. The number of piperidine rings is 1. The average molecular weight is 209 g/mol. The van der Waals surface area contributed by atoms with Crippen molar-refractivity contribution in [2.45, 2.75) is 58.4 Å². The molecule has 15 heavy (non-hydrogen) atoms. The Labute approximate surface area is 93.0 Å². The molecule has 86 valence electrons. The quantitative estimate of drug-likeness (QED) is 0.661. The fourth-order valence-electron chi connectivity index (χ4n) is 3.02. The van der Waals surface area contributed by atoms with E-state index in [-0.39, 0.29) is 5.41 Å². The predicted molar refractivity (Wildman–Crippen MR) is 61.9 cm³/mol. The molecule has 0 unspecified atom stereocenters. The van der Waals surface area contributed by atoms with Crippen LogP contribution in [0.25, 0.3) is 0 Å². The molecule has 2 fully saturated rings. The van der Waals surface area contributed by atoms with E-state index in [1.54, 1.807) is 0 Å². The summed E-state index contributed by atoms with van der Waals surface area (Å²) in [7, 11) is 0. The topological polar surface area (TPSA) is 20.3 Å². The van der Waals surface area contributed by atoms with Crippen molar-refractivity contribution in [2.75, 3.05) is 13.1 Å². The molecule has 2 aliphatic rings. The van der Waals surface area contributed by atoms with Crippen molar-refractivity contribution >= 4 is 5.78 Å². The maximum atomic E-state index is 11.7. The van der Waals surface area contributed by atoms with Crippen LogP contribution < -0.4 is 0 Å². The number of Topliss-reactive ketones (excluding diaryl/α,β-unsaturated/α-hetero) is 1. The lowest BCUT2D eigenvalue weighted by Gasteiger charge is -2.42. The molecule has 0 aromatic rings. The maximum Gasteiger partial charge on any atom is 0.141 e. The first-order valence-electron chi connectivity index (χ1n) is 6.37. The van der Waals surface area contributed by atoms with Crippen LogP contribution in [0.15, 0.2) is 0 Å². The van der Waals surface area contributed by atoms with Crippen LogP contribution in [0, 0.1) is 5.41 Å². The summed E-state index contributed by atoms with van der Waals surface area (Å²) < 4.78 is 0. The highest BCUT2D eigenvalue weighted by Gasteiger charge is 2.36. The van der Waals surface area contributed by atoms with Gasteiger partial charge in [-0.2, -0.15) is 0 Å². The minimum atomic E-state index is -0.101. The maximum absolute atomic E-state index is 11.7. The standard InChI is InChI=1S/C13H23NO/c1-13(2)10-14(9-8-12(13)15)11-6-4-3-5-7-11/h11H,3-10H2,1-2H3. The number of nitrogens with zero attached hydrogens (tertiary/aromatic N) is 1. The number of hydrogen-bond donors (Lipinski definition) is 0. The molecule has 2 rings (SSSR count). The SMILES string of the molecule is CC1(C)CN(C2CCCCC2)CCC1=O. The van der Waals surface area contributed by atoms with Gasteiger partial charge in [-0.3, -0.25) is 9.69 Å². The lowest BCUT2D eigenvalue weighted by atomic mass is 9.81. The molecule has 0 aromatic heterocycles. The summed E-state index contributed by atoms with van der Waals surface area (Å²) in [4.78, 5) is 14.3. The highest BCUT2D eigenvalue weighted by Crippen LogP contribution is 2.30. The molecule has 0 bridgehead atoms. The first-order valence-corrected chi connectivity index (χ1v) is 6.37. The minimum Gasteiger partial charge on any atom is -0.299 e. The number of carbonyl (C=O) groups excluding carboxylic acids is 1. The Balaban J connectivity index is 1.96. The van der Waals surface area contributed by atoms with Crippen LogP contribution >= 0.6 is 0 Å². The van der Waals surface area contributed by atoms with Crippen LogP contribution in [-0.4, -0.2) is 29.8 Å². The Morgan fingerprint density at radius 3 is 2.47 bits per heavy atom. The summed E-state index contributed by atoms with van der Waals surface area (Å²) in [5.74, 6) is 0.453. The average Bonchev–Trinajstić information content (AvgIpc) is 2.23. The molecule has 2 nitrogen and oxygen atoms in total. The fourth-order valence-corrected chi connectivity index (χ4v) is 3.02. The molecular formula is C13H23NO. The van der Waals surface area contributed by atoms with E-state index in [1.807, 2.05) is 0 Å². The molecule has 0 N–H and O–H groups in total. The smallest absolute Gasteiger partial charge is 0.141 e. The van der Waals surface area contributed by atoms with Crippen molar-refractivity contribution in [3.8, 4) is 0 Å². The van der Waals surface area contributed by atoms with Crippen molar-refractivity contribution < 1.29 is 4.79 Å². The third-order valence-electron chi connectivity index (χ3n) is 4.07. The van der Waals surface area contributed by atoms with Gasteiger partial charge in [-0.25, -0.2) is 0 Å². The van der Waals surface area contributed by atoms with Crippen LogP contribution in [-0.2, 0) is 4.79 Å². The Hall–Kier alpha value is -0.370. The van der Waals surface area contributed by atoms with Crippen molar-refractivity contribution in [1.82, 2.24) is 4.90 Å². The molecule has 0 spiro atoms. The molecule has 0 amide bonds. The fraction of sp³-hybridized carbons (Fsp3) is 0.923. The van der Waals surface area contributed by atoms with E-state index in [0.717, 1.165) is 25.6 Å². The van der Waals surface area contributed by atoms with E-state index < -0.39 is 0 Å². The van der Waals surface area contributed by atoms with Gasteiger partial charge in [-0.05, 0) is 12.8 Å². The van der Waals surface area contributed by atoms with E-state index in [9.17, 15) is 4.79 Å². The van der Waals surface area contributed by atoms with Gasteiger partial charge in [0, 0.05) is 31.0 Å². The molecule has 2 heteroatoms. The van der Waals surface area contributed by atoms with E-state index in [2.05, 4.69) is 18.7 Å². The van der Waals surface area contributed by atoms with Crippen molar-refractivity contribution in [3.63, 3.8) is 0 Å². The Morgan fingerprint density at radius 2 is 1.87 bits per heavy atom. The minimum absolute atomic E-state index is 0.101. The zero-order valence-electron chi connectivity index (χ0n) is 10.1. The van der Waals surface area contributed by atoms with Crippen molar-refractivity contribution in [1.29, 1.82) is 0 Å². The van der Waals surface area contributed by atoms with Gasteiger partial charge in [0.15, 0.2) is 0 Å². The van der Waals surface area contributed by atoms with Gasteiger partial charge in [0.25, 0.3) is 0 Å². The molecule has 0 radical (unpaired) electrons. The van der Waals surface area contributed by atoms with Crippen LogP contribution in [0.4, 0.5) is 0 Å². The third kappa shape index (κ3) is 2.41. The largest absolute Gasteiger partial charge is 0.299 e. The van der Waals surface area contributed by atoms with Gasteiger partial charge in [-0.1, -0.05) is 33.1 Å². The van der Waals surface area contributed by atoms with Crippen LogP contribution in [0.3, 0.4) is 0 Å². The Morgan fingerprint density at radius 1 is 1.20 bits per heavy atom. The first kappa shape index (κ1) is 11.1. The number of carbonyl (C=O) groups is 1. The van der Waals surface area contributed by atoms with Gasteiger partial charge < -0.3 is 0 Å². The van der Waals surface area contributed by atoms with Crippen LogP contribution in [0.5, 0.6) is 0 Å². The summed E-state index contributed by atoms with van der Waals surface area (Å²) in [5, 5.41) is 0. The zero-order valence-corrected chi connectivity index (χ0v) is 10.1. The van der Waals surface area contributed by atoms with Gasteiger partial charge in [0.1, 0.15) is 5.78 Å². The second-order valence-corrected chi connectivity index (χ2v) is 5.82. The van der Waals surface area contributed by atoms with E-state index >= 15 is 0 Å². The van der Waals surface area contributed by atoms with Crippen LogP contribution in [0.1, 0.15) is 52.4 Å². The Bertz CT molecular complexity index is 241. The number of ketones is 1.